The molecule has 33 heavy (non-hydrogen) atoms. The Morgan fingerprint density at radius 1 is 1.18 bits per heavy atom. The van der Waals surface area contributed by atoms with Gasteiger partial charge in [-0.25, -0.2) is 9.59 Å². The first-order chi connectivity index (χ1) is 16.1. The molecule has 2 saturated heterocycles. The molecule has 1 aliphatic carbocycles. The molecule has 178 valence electrons. The maximum atomic E-state index is 12.7. The minimum Gasteiger partial charge on any atom is -0.459 e. The fourth-order valence-corrected chi connectivity index (χ4v) is 5.05. The van der Waals surface area contributed by atoms with Gasteiger partial charge in [0.25, 0.3) is 0 Å². The number of ether oxygens (including phenoxy) is 2. The molecule has 1 aromatic carbocycles. The van der Waals surface area contributed by atoms with Crippen molar-refractivity contribution in [3.8, 4) is 0 Å². The van der Waals surface area contributed by atoms with Gasteiger partial charge in [-0.3, -0.25) is 4.90 Å². The number of piperidine rings is 1. The number of carbonyl (C=O) groups excluding carboxylic acids is 2. The number of hydrogen-bond acceptors (Lipinski definition) is 5. The van der Waals surface area contributed by atoms with E-state index in [0.717, 1.165) is 49.6 Å². The molecule has 2 heterocycles. The third kappa shape index (κ3) is 6.25. The van der Waals surface area contributed by atoms with Gasteiger partial charge in [-0.2, -0.15) is 0 Å². The molecule has 0 radical (unpaired) electrons. The van der Waals surface area contributed by atoms with Crippen LogP contribution < -0.4 is 5.32 Å². The van der Waals surface area contributed by atoms with Crippen LogP contribution in [0.2, 0.25) is 0 Å². The summed E-state index contributed by atoms with van der Waals surface area (Å²) in [4.78, 5) is 28.8. The van der Waals surface area contributed by atoms with Crippen molar-refractivity contribution in [1.29, 1.82) is 0 Å². The van der Waals surface area contributed by atoms with Crippen molar-refractivity contribution >= 4 is 29.4 Å². The summed E-state index contributed by atoms with van der Waals surface area (Å²) in [5.74, 6) is -0.415. The third-order valence-electron chi connectivity index (χ3n) is 6.66. The number of amides is 1. The Bertz CT molecular complexity index is 868. The summed E-state index contributed by atoms with van der Waals surface area (Å²) in [5.41, 5.74) is 2.45. The molecule has 7 nitrogen and oxygen atoms in total. The molecule has 0 spiro atoms. The van der Waals surface area contributed by atoms with Crippen LogP contribution in [0.4, 0.5) is 4.79 Å². The number of cyclic esters (lactones) is 1. The predicted octanol–water partition coefficient (Wildman–Crippen LogP) is 3.78. The van der Waals surface area contributed by atoms with Gasteiger partial charge >= 0.3 is 12.1 Å². The van der Waals surface area contributed by atoms with Gasteiger partial charge in [0, 0.05) is 25.7 Å². The topological polar surface area (TPSA) is 71.1 Å². The van der Waals surface area contributed by atoms with Crippen LogP contribution >= 0.6 is 12.2 Å². The first kappa shape index (κ1) is 23.5. The molecule has 1 N–H and O–H groups in total. The molecule has 1 amide bonds. The number of carbonyl (C=O) groups is 2. The summed E-state index contributed by atoms with van der Waals surface area (Å²) in [5, 5.41) is 4.16. The van der Waals surface area contributed by atoms with Crippen LogP contribution in [-0.4, -0.2) is 65.3 Å². The van der Waals surface area contributed by atoms with E-state index >= 15 is 0 Å². The zero-order valence-corrected chi connectivity index (χ0v) is 19.9. The lowest BCUT2D eigenvalue weighted by molar-refractivity contribution is -0.150. The number of nitrogens with one attached hydrogen (secondary N) is 1. The Kier molecular flexibility index (Phi) is 8.20. The molecule has 0 saturated carbocycles. The van der Waals surface area contributed by atoms with E-state index in [1.165, 1.54) is 31.3 Å². The Labute approximate surface area is 201 Å². The van der Waals surface area contributed by atoms with Crippen LogP contribution in [-0.2, 0) is 20.9 Å². The lowest BCUT2D eigenvalue weighted by atomic mass is 9.97. The minimum absolute atomic E-state index is 0.0441. The molecule has 3 aliphatic rings. The standard InChI is InChI=1S/C25H33N3O4S/c29-23(31-17-20-9-5-2-6-10-20)22-18-32-25(30)28(22)21-12-15-27(16-13-21)24(33)26-14-11-19-7-3-1-4-8-19/h2,5-7,9-10,21-22H,1,3-4,8,11-18H2,(H,26,33). The summed E-state index contributed by atoms with van der Waals surface area (Å²) in [6.45, 7) is 2.58. The van der Waals surface area contributed by atoms with Gasteiger partial charge in [0.2, 0.25) is 0 Å². The van der Waals surface area contributed by atoms with Crippen molar-refractivity contribution in [3.05, 3.63) is 47.5 Å². The summed E-state index contributed by atoms with van der Waals surface area (Å²) >= 11 is 5.60. The van der Waals surface area contributed by atoms with Crippen LogP contribution in [0.5, 0.6) is 0 Å². The quantitative estimate of drug-likeness (QED) is 0.369. The molecule has 1 unspecified atom stereocenters. The van der Waals surface area contributed by atoms with Gasteiger partial charge in [-0.15, -0.1) is 0 Å². The van der Waals surface area contributed by atoms with Crippen LogP contribution in [0.3, 0.4) is 0 Å². The van der Waals surface area contributed by atoms with Crippen molar-refractivity contribution in [2.45, 2.75) is 63.6 Å². The Morgan fingerprint density at radius 3 is 2.70 bits per heavy atom. The highest BCUT2D eigenvalue weighted by atomic mass is 32.1. The van der Waals surface area contributed by atoms with Crippen LogP contribution in [0.1, 0.15) is 50.5 Å². The maximum absolute atomic E-state index is 12.7. The molecule has 2 fully saturated rings. The Balaban J connectivity index is 1.23. The second-order valence-electron chi connectivity index (χ2n) is 8.90. The molecule has 0 bridgehead atoms. The second-order valence-corrected chi connectivity index (χ2v) is 9.29. The summed E-state index contributed by atoms with van der Waals surface area (Å²) < 4.78 is 10.7. The molecule has 8 heteroatoms. The molecule has 1 aromatic rings. The highest BCUT2D eigenvalue weighted by Gasteiger charge is 2.44. The number of thiocarbonyl (C=S) groups is 1. The molecular formula is C25H33N3O4S. The summed E-state index contributed by atoms with van der Waals surface area (Å²) in [6, 6.07) is 8.78. The average Bonchev–Trinajstić information content (AvgIpc) is 3.25. The summed E-state index contributed by atoms with van der Waals surface area (Å²) in [6.07, 6.45) is 9.47. The van der Waals surface area contributed by atoms with Crippen molar-refractivity contribution in [2.24, 2.45) is 0 Å². The van der Waals surface area contributed by atoms with Gasteiger partial charge < -0.3 is 19.7 Å². The van der Waals surface area contributed by atoms with Crippen molar-refractivity contribution in [3.63, 3.8) is 0 Å². The molecule has 4 rings (SSSR count). The summed E-state index contributed by atoms with van der Waals surface area (Å²) in [7, 11) is 0. The number of benzene rings is 1. The van der Waals surface area contributed by atoms with E-state index < -0.39 is 18.1 Å². The van der Waals surface area contributed by atoms with Crippen LogP contribution in [0.15, 0.2) is 42.0 Å². The molecule has 1 atom stereocenters. The third-order valence-corrected chi connectivity index (χ3v) is 7.06. The number of likely N-dealkylation sites (tertiary alicyclic amines) is 1. The first-order valence-electron chi connectivity index (χ1n) is 12.0. The molecule has 2 aliphatic heterocycles. The van der Waals surface area contributed by atoms with E-state index in [-0.39, 0.29) is 19.3 Å². The minimum atomic E-state index is -0.688. The van der Waals surface area contributed by atoms with E-state index in [1.807, 2.05) is 30.3 Å². The number of nitrogens with zero attached hydrogens (tertiary/aromatic N) is 2. The average molecular weight is 472 g/mol. The fourth-order valence-electron chi connectivity index (χ4n) is 4.76. The van der Waals surface area contributed by atoms with Crippen molar-refractivity contribution in [1.82, 2.24) is 15.1 Å². The number of esters is 1. The van der Waals surface area contributed by atoms with E-state index in [0.29, 0.717) is 0 Å². The number of rotatable bonds is 7. The van der Waals surface area contributed by atoms with Gasteiger partial charge in [-0.1, -0.05) is 42.0 Å². The monoisotopic (exact) mass is 471 g/mol. The van der Waals surface area contributed by atoms with Gasteiger partial charge in [0.1, 0.15) is 13.2 Å². The van der Waals surface area contributed by atoms with Gasteiger partial charge in [0.05, 0.1) is 0 Å². The van der Waals surface area contributed by atoms with Crippen LogP contribution in [0.25, 0.3) is 0 Å². The van der Waals surface area contributed by atoms with E-state index in [9.17, 15) is 9.59 Å². The molecular weight excluding hydrogens is 438 g/mol. The SMILES string of the molecule is O=C(OCc1ccccc1)C1COC(=O)N1C1CCN(C(=S)NCCC2=CCCCC2)CC1. The van der Waals surface area contributed by atoms with Crippen molar-refractivity contribution in [2.75, 3.05) is 26.2 Å². The second kappa shape index (κ2) is 11.5. The number of allylic oxidation sites excluding steroid dienone is 1. The maximum Gasteiger partial charge on any atom is 0.410 e. The van der Waals surface area contributed by atoms with E-state index in [4.69, 9.17) is 21.7 Å². The van der Waals surface area contributed by atoms with Gasteiger partial charge in [-0.05, 0) is 62.7 Å². The van der Waals surface area contributed by atoms with Gasteiger partial charge in [0.15, 0.2) is 11.2 Å². The smallest absolute Gasteiger partial charge is 0.410 e. The highest BCUT2D eigenvalue weighted by molar-refractivity contribution is 7.80. The largest absolute Gasteiger partial charge is 0.459 e. The lowest BCUT2D eigenvalue weighted by Crippen LogP contribution is -2.53. The lowest BCUT2D eigenvalue weighted by Gasteiger charge is -2.38. The van der Waals surface area contributed by atoms with Crippen molar-refractivity contribution < 1.29 is 19.1 Å². The Morgan fingerprint density at radius 2 is 1.97 bits per heavy atom. The highest BCUT2D eigenvalue weighted by Crippen LogP contribution is 2.25. The van der Waals surface area contributed by atoms with E-state index in [1.54, 1.807) is 4.90 Å². The first-order valence-corrected chi connectivity index (χ1v) is 12.4. The predicted molar refractivity (Wildman–Crippen MR) is 130 cm³/mol. The Hall–Kier alpha value is -2.61. The fraction of sp³-hybridized carbons (Fsp3) is 0.560. The van der Waals surface area contributed by atoms with Crippen LogP contribution in [0, 0.1) is 0 Å². The molecule has 0 aromatic heterocycles. The zero-order chi connectivity index (χ0) is 23.0. The normalized spacial score (nSPS) is 21.4. The number of hydrogen-bond donors (Lipinski definition) is 1. The zero-order valence-electron chi connectivity index (χ0n) is 19.0. The van der Waals surface area contributed by atoms with E-state index in [2.05, 4.69) is 16.3 Å².